The summed E-state index contributed by atoms with van der Waals surface area (Å²) in [6.45, 7) is 0. The number of hydrogen-bond donors (Lipinski definition) is 2. The lowest BCUT2D eigenvalue weighted by molar-refractivity contribution is -0.137. The van der Waals surface area contributed by atoms with Gasteiger partial charge in [0.2, 0.25) is 5.91 Å². The molecule has 0 bridgehead atoms. The molecular formula is C13H14N2O5S2. The molecule has 0 fully saturated rings. The number of carbonyl (C=O) groups is 2. The quantitative estimate of drug-likeness (QED) is 0.829. The predicted octanol–water partition coefficient (Wildman–Crippen LogP) is 1.89. The molecule has 1 heterocycles. The number of carboxylic acids is 1. The number of fused-ring (bicyclic) bond motifs is 1. The Kier molecular flexibility index (Phi) is 4.77. The van der Waals surface area contributed by atoms with Gasteiger partial charge < -0.3 is 10.4 Å². The van der Waals surface area contributed by atoms with E-state index >= 15 is 0 Å². The summed E-state index contributed by atoms with van der Waals surface area (Å²) in [5.41, 5.74) is 0.596. The second-order valence-corrected chi connectivity index (χ2v) is 7.76. The van der Waals surface area contributed by atoms with Gasteiger partial charge in [0.1, 0.15) is 0 Å². The topological polar surface area (TPSA) is 113 Å². The summed E-state index contributed by atoms with van der Waals surface area (Å²) in [5.74, 6) is -1.26. The van der Waals surface area contributed by atoms with Crippen LogP contribution in [0.1, 0.15) is 19.3 Å². The molecule has 1 aromatic heterocycles. The van der Waals surface area contributed by atoms with Crippen molar-refractivity contribution >= 4 is 48.4 Å². The number of hydrogen-bond acceptors (Lipinski definition) is 6. The van der Waals surface area contributed by atoms with Crippen LogP contribution >= 0.6 is 11.3 Å². The maximum atomic E-state index is 11.7. The number of aromatic nitrogens is 1. The monoisotopic (exact) mass is 342 g/mol. The number of aliphatic carboxylic acids is 1. The smallest absolute Gasteiger partial charge is 0.303 e. The van der Waals surface area contributed by atoms with Gasteiger partial charge >= 0.3 is 5.97 Å². The summed E-state index contributed by atoms with van der Waals surface area (Å²) >= 11 is 1.17. The van der Waals surface area contributed by atoms with E-state index in [2.05, 4.69) is 10.3 Å². The fourth-order valence-electron chi connectivity index (χ4n) is 1.77. The molecule has 0 aliphatic rings. The maximum absolute atomic E-state index is 11.7. The minimum atomic E-state index is -3.29. The van der Waals surface area contributed by atoms with Crippen molar-refractivity contribution in [3.63, 3.8) is 0 Å². The molecule has 7 nitrogen and oxygen atoms in total. The number of carboxylic acid groups (broad SMARTS) is 1. The highest BCUT2D eigenvalue weighted by atomic mass is 32.2. The van der Waals surface area contributed by atoms with E-state index in [-0.39, 0.29) is 30.1 Å². The van der Waals surface area contributed by atoms with Gasteiger partial charge in [-0.25, -0.2) is 13.4 Å². The zero-order chi connectivity index (χ0) is 16.3. The minimum absolute atomic E-state index is 0.0645. The van der Waals surface area contributed by atoms with Crippen LogP contribution in [0.3, 0.4) is 0 Å². The van der Waals surface area contributed by atoms with Crippen molar-refractivity contribution in [3.8, 4) is 0 Å². The van der Waals surface area contributed by atoms with E-state index in [1.807, 2.05) is 0 Å². The summed E-state index contributed by atoms with van der Waals surface area (Å²) in [4.78, 5) is 26.4. The molecule has 2 N–H and O–H groups in total. The lowest BCUT2D eigenvalue weighted by Crippen LogP contribution is -2.11. The third kappa shape index (κ3) is 4.25. The Balaban J connectivity index is 2.09. The second-order valence-electron chi connectivity index (χ2n) is 4.72. The molecule has 118 valence electrons. The van der Waals surface area contributed by atoms with E-state index in [1.54, 1.807) is 6.07 Å². The van der Waals surface area contributed by atoms with Gasteiger partial charge in [-0.05, 0) is 24.6 Å². The molecule has 2 rings (SSSR count). The van der Waals surface area contributed by atoms with Crippen molar-refractivity contribution in [1.29, 1.82) is 0 Å². The van der Waals surface area contributed by atoms with Crippen LogP contribution in [0.5, 0.6) is 0 Å². The van der Waals surface area contributed by atoms with Crippen molar-refractivity contribution in [3.05, 3.63) is 18.2 Å². The number of amides is 1. The van der Waals surface area contributed by atoms with E-state index in [0.29, 0.717) is 15.3 Å². The first kappa shape index (κ1) is 16.4. The SMILES string of the molecule is CS(=O)(=O)c1ccc2nc(NC(=O)CCCC(=O)O)sc2c1. The van der Waals surface area contributed by atoms with Crippen LogP contribution in [0.25, 0.3) is 10.2 Å². The van der Waals surface area contributed by atoms with Crippen molar-refractivity contribution < 1.29 is 23.1 Å². The molecule has 0 aliphatic carbocycles. The van der Waals surface area contributed by atoms with Crippen LogP contribution in [-0.4, -0.2) is 36.6 Å². The van der Waals surface area contributed by atoms with E-state index in [1.165, 1.54) is 23.5 Å². The van der Waals surface area contributed by atoms with Crippen molar-refractivity contribution in [1.82, 2.24) is 4.98 Å². The van der Waals surface area contributed by atoms with Crippen LogP contribution in [0, 0.1) is 0 Å². The van der Waals surface area contributed by atoms with Gasteiger partial charge in [-0.15, -0.1) is 0 Å². The van der Waals surface area contributed by atoms with Gasteiger partial charge in [0.15, 0.2) is 15.0 Å². The molecule has 1 amide bonds. The summed E-state index contributed by atoms with van der Waals surface area (Å²) in [5, 5.41) is 11.5. The molecule has 0 spiro atoms. The highest BCUT2D eigenvalue weighted by molar-refractivity contribution is 7.90. The lowest BCUT2D eigenvalue weighted by Gasteiger charge is -1.99. The van der Waals surface area contributed by atoms with E-state index in [4.69, 9.17) is 5.11 Å². The Morgan fingerprint density at radius 3 is 2.68 bits per heavy atom. The molecular weight excluding hydrogens is 328 g/mol. The Labute approximate surface area is 130 Å². The number of thiazole rings is 1. The highest BCUT2D eigenvalue weighted by Crippen LogP contribution is 2.28. The standard InChI is InChI=1S/C13H14N2O5S2/c1-22(19,20)8-5-6-9-10(7-8)21-13(14-9)15-11(16)3-2-4-12(17)18/h5-7H,2-4H2,1H3,(H,17,18)(H,14,15,16). The van der Waals surface area contributed by atoms with Gasteiger partial charge in [-0.2, -0.15) is 0 Å². The first-order chi connectivity index (χ1) is 10.3. The molecule has 2 aromatic rings. The zero-order valence-corrected chi connectivity index (χ0v) is 13.3. The van der Waals surface area contributed by atoms with Crippen molar-refractivity contribution in [2.75, 3.05) is 11.6 Å². The molecule has 22 heavy (non-hydrogen) atoms. The Bertz CT molecular complexity index is 826. The highest BCUT2D eigenvalue weighted by Gasteiger charge is 2.12. The van der Waals surface area contributed by atoms with E-state index in [0.717, 1.165) is 6.26 Å². The van der Waals surface area contributed by atoms with Crippen LogP contribution in [0.2, 0.25) is 0 Å². The third-order valence-corrected chi connectivity index (χ3v) is 4.87. The number of nitrogens with zero attached hydrogens (tertiary/aromatic N) is 1. The summed E-state index contributed by atoms with van der Waals surface area (Å²) in [6.07, 6.45) is 1.41. The Morgan fingerprint density at radius 2 is 2.05 bits per heavy atom. The second kappa shape index (κ2) is 6.41. The first-order valence-corrected chi connectivity index (χ1v) is 9.09. The van der Waals surface area contributed by atoms with Crippen LogP contribution < -0.4 is 5.32 Å². The average Bonchev–Trinajstić information content (AvgIpc) is 2.77. The van der Waals surface area contributed by atoms with Gasteiger partial charge in [0, 0.05) is 19.1 Å². The van der Waals surface area contributed by atoms with Gasteiger partial charge in [0.25, 0.3) is 0 Å². The maximum Gasteiger partial charge on any atom is 0.303 e. The van der Waals surface area contributed by atoms with Gasteiger partial charge in [-0.1, -0.05) is 11.3 Å². The van der Waals surface area contributed by atoms with Crippen molar-refractivity contribution in [2.45, 2.75) is 24.2 Å². The molecule has 1 aromatic carbocycles. The van der Waals surface area contributed by atoms with Gasteiger partial charge in [0.05, 0.1) is 15.1 Å². The summed E-state index contributed by atoms with van der Waals surface area (Å²) in [6, 6.07) is 4.57. The minimum Gasteiger partial charge on any atom is -0.481 e. The predicted molar refractivity (Wildman–Crippen MR) is 82.8 cm³/mol. The molecule has 0 saturated carbocycles. The van der Waals surface area contributed by atoms with Gasteiger partial charge in [-0.3, -0.25) is 9.59 Å². The third-order valence-electron chi connectivity index (χ3n) is 2.83. The lowest BCUT2D eigenvalue weighted by atomic mass is 10.2. The fourth-order valence-corrected chi connectivity index (χ4v) is 3.41. The fraction of sp³-hybridized carbons (Fsp3) is 0.308. The summed E-state index contributed by atoms with van der Waals surface area (Å²) < 4.78 is 23.7. The molecule has 0 radical (unpaired) electrons. The number of carbonyl (C=O) groups excluding carboxylic acids is 1. The van der Waals surface area contributed by atoms with E-state index in [9.17, 15) is 18.0 Å². The average molecular weight is 342 g/mol. The Morgan fingerprint density at radius 1 is 1.32 bits per heavy atom. The molecule has 0 unspecified atom stereocenters. The molecule has 0 atom stereocenters. The number of nitrogens with one attached hydrogen (secondary N) is 1. The number of anilines is 1. The van der Waals surface area contributed by atoms with Crippen LogP contribution in [-0.2, 0) is 19.4 Å². The summed E-state index contributed by atoms with van der Waals surface area (Å²) in [7, 11) is -3.29. The molecule has 0 aliphatic heterocycles. The zero-order valence-electron chi connectivity index (χ0n) is 11.7. The van der Waals surface area contributed by atoms with E-state index < -0.39 is 15.8 Å². The number of rotatable bonds is 6. The number of benzene rings is 1. The van der Waals surface area contributed by atoms with Crippen molar-refractivity contribution in [2.24, 2.45) is 0 Å². The molecule has 9 heteroatoms. The largest absolute Gasteiger partial charge is 0.481 e. The Hall–Kier alpha value is -2.00. The van der Waals surface area contributed by atoms with Crippen LogP contribution in [0.4, 0.5) is 5.13 Å². The number of sulfone groups is 1. The van der Waals surface area contributed by atoms with Crippen LogP contribution in [0.15, 0.2) is 23.1 Å². The normalized spacial score (nSPS) is 11.5. The molecule has 0 saturated heterocycles. The first-order valence-electron chi connectivity index (χ1n) is 6.38.